The molecule has 0 spiro atoms. The van der Waals surface area contributed by atoms with Crippen molar-refractivity contribution in [2.24, 2.45) is 11.8 Å². The molecule has 0 aliphatic heterocycles. The van der Waals surface area contributed by atoms with E-state index >= 15 is 0 Å². The molecule has 1 aliphatic rings. The van der Waals surface area contributed by atoms with Gasteiger partial charge in [0.25, 0.3) is 0 Å². The van der Waals surface area contributed by atoms with Gasteiger partial charge in [0, 0.05) is 37.1 Å². The van der Waals surface area contributed by atoms with Crippen LogP contribution in [0.25, 0.3) is 5.70 Å². The van der Waals surface area contributed by atoms with Crippen LogP contribution in [-0.2, 0) is 5.41 Å². The highest BCUT2D eigenvalue weighted by Crippen LogP contribution is 2.37. The number of hydrogen-bond donors (Lipinski definition) is 2. The fourth-order valence-electron chi connectivity index (χ4n) is 4.42. The van der Waals surface area contributed by atoms with Crippen LogP contribution in [0.1, 0.15) is 69.6 Å². The zero-order valence-electron chi connectivity index (χ0n) is 19.5. The van der Waals surface area contributed by atoms with Crippen LogP contribution in [0, 0.1) is 24.2 Å². The first-order valence-electron chi connectivity index (χ1n) is 11.4. The molecule has 0 amide bonds. The molecule has 1 aromatic rings. The summed E-state index contributed by atoms with van der Waals surface area (Å²) in [6.45, 7) is 10.7. The Labute approximate surface area is 185 Å². The van der Waals surface area contributed by atoms with Gasteiger partial charge in [-0.1, -0.05) is 54.0 Å². The lowest BCUT2D eigenvalue weighted by atomic mass is 9.81. The van der Waals surface area contributed by atoms with Gasteiger partial charge >= 0.3 is 0 Å². The molecule has 0 aromatic heterocycles. The lowest BCUT2D eigenvalue weighted by Gasteiger charge is -2.33. The second kappa shape index (κ2) is 11.4. The summed E-state index contributed by atoms with van der Waals surface area (Å²) in [4.78, 5) is 2.42. The van der Waals surface area contributed by atoms with Crippen LogP contribution < -0.4 is 5.32 Å². The van der Waals surface area contributed by atoms with E-state index in [1.807, 2.05) is 32.2 Å². The Bertz CT molecular complexity index is 730. The second-order valence-electron chi connectivity index (χ2n) is 9.29. The normalized spacial score (nSPS) is 22.2. The first-order valence-corrected chi connectivity index (χ1v) is 11.9. The minimum atomic E-state index is -1.47. The molecule has 5 heteroatoms. The summed E-state index contributed by atoms with van der Waals surface area (Å²) in [6, 6.07) is 5.84. The Morgan fingerprint density at radius 3 is 2.53 bits per heavy atom. The minimum Gasteiger partial charge on any atom is -0.369 e. The highest BCUT2D eigenvalue weighted by Gasteiger charge is 2.24. The van der Waals surface area contributed by atoms with Crippen molar-refractivity contribution in [3.05, 3.63) is 40.5 Å². The fraction of sp³-hybridized carbons (Fsp3) is 0.640. The van der Waals surface area contributed by atoms with Crippen molar-refractivity contribution in [2.45, 2.75) is 65.2 Å². The second-order valence-corrected chi connectivity index (χ2v) is 10.4. The smallest absolute Gasteiger partial charge is 0.145 e. The Balaban J connectivity index is 2.36. The Hall–Kier alpha value is -1.25. The van der Waals surface area contributed by atoms with Gasteiger partial charge in [-0.3, -0.25) is 0 Å². The number of nitrogens with one attached hydrogen (secondary N) is 2. The Morgan fingerprint density at radius 2 is 1.97 bits per heavy atom. The minimum absolute atomic E-state index is 0.651. The van der Waals surface area contributed by atoms with Crippen molar-refractivity contribution < 1.29 is 4.39 Å². The van der Waals surface area contributed by atoms with Gasteiger partial charge in [0.2, 0.25) is 0 Å². The zero-order chi connectivity index (χ0) is 22.3. The van der Waals surface area contributed by atoms with Gasteiger partial charge in [0.05, 0.1) is 0 Å². The molecule has 30 heavy (non-hydrogen) atoms. The monoisotopic (exact) mass is 433 g/mol. The molecular formula is C25H41FN3P. The molecule has 1 aromatic carbocycles. The third-order valence-electron chi connectivity index (χ3n) is 6.54. The van der Waals surface area contributed by atoms with Crippen molar-refractivity contribution in [1.29, 1.82) is 5.41 Å². The number of benzene rings is 1. The maximum absolute atomic E-state index is 14.7. The van der Waals surface area contributed by atoms with Gasteiger partial charge in [0.1, 0.15) is 5.41 Å². The Morgan fingerprint density at radius 1 is 1.30 bits per heavy atom. The van der Waals surface area contributed by atoms with Crippen LogP contribution in [0.3, 0.4) is 0 Å². The molecule has 0 saturated heterocycles. The van der Waals surface area contributed by atoms with Crippen LogP contribution >= 0.6 is 9.24 Å². The molecule has 2 unspecified atom stereocenters. The molecule has 3 nitrogen and oxygen atoms in total. The van der Waals surface area contributed by atoms with Crippen molar-refractivity contribution in [1.82, 2.24) is 10.2 Å². The number of halogens is 1. The summed E-state index contributed by atoms with van der Waals surface area (Å²) in [7, 11) is 4.27. The van der Waals surface area contributed by atoms with Gasteiger partial charge in [-0.25, -0.2) is 4.39 Å². The number of nitrogens with zero attached hydrogens (tertiary/aromatic N) is 1. The molecule has 1 fully saturated rings. The van der Waals surface area contributed by atoms with Gasteiger partial charge in [-0.05, 0) is 68.8 Å². The highest BCUT2D eigenvalue weighted by atomic mass is 31.0. The van der Waals surface area contributed by atoms with E-state index in [0.717, 1.165) is 53.9 Å². The summed E-state index contributed by atoms with van der Waals surface area (Å²) >= 11 is 0. The van der Waals surface area contributed by atoms with Crippen LogP contribution in [-0.4, -0.2) is 37.8 Å². The average Bonchev–Trinajstić information content (AvgIpc) is 2.71. The van der Waals surface area contributed by atoms with Crippen molar-refractivity contribution in [3.63, 3.8) is 0 Å². The molecule has 0 bridgehead atoms. The standard InChI is InChI=1S/C25H41FN3P/c1-18-6-9-21(10-7-18)12-14-29(15-13-28-5)24(20(3)17-27)23-16-22(25(4,26)30)11-8-19(23)2/h8,11,16-18,21,27-28H,6-7,9-10,12-15,30H2,1-5H3/b24-20-,27-17?. The fourth-order valence-corrected chi connectivity index (χ4v) is 4.60. The predicted molar refractivity (Wildman–Crippen MR) is 132 cm³/mol. The van der Waals surface area contributed by atoms with E-state index in [9.17, 15) is 4.39 Å². The molecule has 2 N–H and O–H groups in total. The number of hydrogen-bond acceptors (Lipinski definition) is 3. The number of allylic oxidation sites excluding steroid dienone is 1. The summed E-state index contributed by atoms with van der Waals surface area (Å²) in [5, 5.41) is 9.75. The van der Waals surface area contributed by atoms with Crippen molar-refractivity contribution >= 4 is 21.2 Å². The number of rotatable bonds is 10. The van der Waals surface area contributed by atoms with E-state index in [0.29, 0.717) is 5.56 Å². The summed E-state index contributed by atoms with van der Waals surface area (Å²) in [5.74, 6) is 1.65. The maximum Gasteiger partial charge on any atom is 0.145 e. The number of aryl methyl sites for hydroxylation is 1. The molecule has 0 heterocycles. The van der Waals surface area contributed by atoms with E-state index in [1.165, 1.54) is 38.3 Å². The molecule has 2 rings (SSSR count). The van der Waals surface area contributed by atoms with Crippen LogP contribution in [0.4, 0.5) is 4.39 Å². The predicted octanol–water partition coefficient (Wildman–Crippen LogP) is 6.13. The average molecular weight is 434 g/mol. The van der Waals surface area contributed by atoms with Gasteiger partial charge < -0.3 is 15.6 Å². The SMILES string of the molecule is CNCCN(CCC1CCC(C)CC1)/C(=C(/C)C=N)c1cc(C(C)(F)P)ccc1C. The van der Waals surface area contributed by atoms with E-state index in [1.54, 1.807) is 6.92 Å². The molecule has 0 radical (unpaired) electrons. The Kier molecular flexibility index (Phi) is 9.50. The maximum atomic E-state index is 14.7. The van der Waals surface area contributed by atoms with Gasteiger partial charge in [0.15, 0.2) is 0 Å². The van der Waals surface area contributed by atoms with E-state index in [4.69, 9.17) is 5.41 Å². The first kappa shape index (κ1) is 25.0. The topological polar surface area (TPSA) is 39.1 Å². The number of alkyl halides is 1. The number of likely N-dealkylation sites (N-methyl/N-ethyl adjacent to an activating group) is 1. The lowest BCUT2D eigenvalue weighted by Crippen LogP contribution is -2.33. The first-order chi connectivity index (χ1) is 14.2. The summed E-state index contributed by atoms with van der Waals surface area (Å²) < 4.78 is 14.7. The van der Waals surface area contributed by atoms with E-state index in [2.05, 4.69) is 33.3 Å². The summed E-state index contributed by atoms with van der Waals surface area (Å²) in [5.41, 5.74) is 4.79. The molecule has 1 saturated carbocycles. The van der Waals surface area contributed by atoms with Gasteiger partial charge in [-0.15, -0.1) is 0 Å². The molecular weight excluding hydrogens is 392 g/mol. The van der Waals surface area contributed by atoms with Crippen LogP contribution in [0.15, 0.2) is 23.8 Å². The van der Waals surface area contributed by atoms with Crippen molar-refractivity contribution in [2.75, 3.05) is 26.7 Å². The molecule has 1 aliphatic carbocycles. The lowest BCUT2D eigenvalue weighted by molar-refractivity contribution is 0.253. The molecule has 2 atom stereocenters. The van der Waals surface area contributed by atoms with Crippen molar-refractivity contribution in [3.8, 4) is 0 Å². The zero-order valence-corrected chi connectivity index (χ0v) is 20.7. The summed E-state index contributed by atoms with van der Waals surface area (Å²) in [6.07, 6.45) is 7.94. The van der Waals surface area contributed by atoms with Crippen LogP contribution in [0.2, 0.25) is 0 Å². The van der Waals surface area contributed by atoms with E-state index in [-0.39, 0.29) is 0 Å². The van der Waals surface area contributed by atoms with Crippen LogP contribution in [0.5, 0.6) is 0 Å². The van der Waals surface area contributed by atoms with E-state index < -0.39 is 5.41 Å². The third-order valence-corrected chi connectivity index (χ3v) is 6.87. The third kappa shape index (κ3) is 6.89. The quantitative estimate of drug-likeness (QED) is 0.344. The van der Waals surface area contributed by atoms with Gasteiger partial charge in [-0.2, -0.15) is 0 Å². The molecule has 168 valence electrons. The largest absolute Gasteiger partial charge is 0.369 e. The highest BCUT2D eigenvalue weighted by molar-refractivity contribution is 7.18.